The molecule has 26 heavy (non-hydrogen) atoms. The largest absolute Gasteiger partial charge is 0.339 e. The van der Waals surface area contributed by atoms with Gasteiger partial charge in [-0.05, 0) is 38.0 Å². The normalized spacial score (nSPS) is 19.6. The lowest BCUT2D eigenvalue weighted by molar-refractivity contribution is -0.136. The minimum absolute atomic E-state index is 0. The van der Waals surface area contributed by atoms with Gasteiger partial charge in [-0.3, -0.25) is 14.5 Å². The summed E-state index contributed by atoms with van der Waals surface area (Å²) < 4.78 is 13.2. The average Bonchev–Trinajstić information content (AvgIpc) is 3.32. The monoisotopic (exact) mass is 406 g/mol. The number of amides is 2. The van der Waals surface area contributed by atoms with Crippen molar-refractivity contribution in [2.45, 2.75) is 31.3 Å². The second-order valence-electron chi connectivity index (χ2n) is 6.66. The fraction of sp³-hybridized carbons (Fsp3) is 0.529. The van der Waals surface area contributed by atoms with Crippen LogP contribution in [-0.2, 0) is 9.59 Å². The second kappa shape index (κ2) is 8.99. The van der Waals surface area contributed by atoms with Crippen molar-refractivity contribution in [3.63, 3.8) is 0 Å². The topological polar surface area (TPSA) is 78.7 Å². The predicted octanol–water partition coefficient (Wildman–Crippen LogP) is 1.63. The Morgan fingerprint density at radius 2 is 1.81 bits per heavy atom. The van der Waals surface area contributed by atoms with Crippen molar-refractivity contribution in [3.05, 3.63) is 30.1 Å². The van der Waals surface area contributed by atoms with Crippen molar-refractivity contribution in [2.24, 2.45) is 5.73 Å². The zero-order chi connectivity index (χ0) is 17.3. The quantitative estimate of drug-likeness (QED) is 0.796. The number of benzene rings is 1. The van der Waals surface area contributed by atoms with Gasteiger partial charge >= 0.3 is 0 Å². The molecule has 2 amide bonds. The van der Waals surface area contributed by atoms with Crippen molar-refractivity contribution < 1.29 is 14.0 Å². The van der Waals surface area contributed by atoms with Crippen molar-refractivity contribution in [3.8, 4) is 0 Å². The molecule has 0 aromatic heterocycles. The number of hydrogen-bond acceptors (Lipinski definition) is 4. The highest BCUT2D eigenvalue weighted by atomic mass is 35.5. The Hall–Kier alpha value is -1.41. The first-order valence-electron chi connectivity index (χ1n) is 8.28. The van der Waals surface area contributed by atoms with Gasteiger partial charge in [0.25, 0.3) is 0 Å². The summed E-state index contributed by atoms with van der Waals surface area (Å²) in [5.41, 5.74) is 5.77. The zero-order valence-electron chi connectivity index (χ0n) is 14.6. The Labute approximate surface area is 165 Å². The van der Waals surface area contributed by atoms with Crippen LogP contribution in [0.1, 0.15) is 19.8 Å². The first-order valence-corrected chi connectivity index (χ1v) is 8.28. The van der Waals surface area contributed by atoms with Crippen LogP contribution in [0.4, 0.5) is 10.1 Å². The van der Waals surface area contributed by atoms with Gasteiger partial charge in [0.05, 0.1) is 11.6 Å². The Morgan fingerprint density at radius 3 is 2.35 bits per heavy atom. The zero-order valence-corrected chi connectivity index (χ0v) is 16.2. The number of rotatable bonds is 4. The molecule has 1 unspecified atom stereocenters. The fourth-order valence-corrected chi connectivity index (χ4v) is 2.95. The molecule has 1 aromatic carbocycles. The van der Waals surface area contributed by atoms with E-state index in [4.69, 9.17) is 5.73 Å². The van der Waals surface area contributed by atoms with Crippen molar-refractivity contribution in [2.75, 3.05) is 31.5 Å². The molecule has 1 saturated heterocycles. The molecular weight excluding hydrogens is 382 g/mol. The van der Waals surface area contributed by atoms with Gasteiger partial charge in [-0.15, -0.1) is 24.8 Å². The third-order valence-corrected chi connectivity index (χ3v) is 4.84. The lowest BCUT2D eigenvalue weighted by Gasteiger charge is -2.38. The second-order valence-corrected chi connectivity index (χ2v) is 6.66. The van der Waals surface area contributed by atoms with Crippen LogP contribution in [0.25, 0.3) is 0 Å². The molecule has 3 rings (SSSR count). The summed E-state index contributed by atoms with van der Waals surface area (Å²) in [6.07, 6.45) is 1.52. The minimum Gasteiger partial charge on any atom is -0.339 e. The molecule has 2 aliphatic rings. The van der Waals surface area contributed by atoms with Gasteiger partial charge in [-0.2, -0.15) is 0 Å². The van der Waals surface area contributed by atoms with Crippen LogP contribution in [0, 0.1) is 5.82 Å². The van der Waals surface area contributed by atoms with E-state index in [-0.39, 0.29) is 48.5 Å². The summed E-state index contributed by atoms with van der Waals surface area (Å²) in [5.74, 6) is -0.541. The lowest BCUT2D eigenvalue weighted by atomic mass is 10.1. The molecule has 6 nitrogen and oxygen atoms in total. The van der Waals surface area contributed by atoms with E-state index in [2.05, 4.69) is 5.32 Å². The summed E-state index contributed by atoms with van der Waals surface area (Å²) in [7, 11) is 0. The molecule has 146 valence electrons. The smallest absolute Gasteiger partial charge is 0.242 e. The van der Waals surface area contributed by atoms with E-state index < -0.39 is 5.54 Å². The molecule has 0 radical (unpaired) electrons. The third kappa shape index (κ3) is 5.07. The molecule has 2 fully saturated rings. The SMILES string of the molecule is CC(C(=O)Nc1cccc(F)c1)N1CCN(C(=O)C2(N)CC2)CC1.Cl.Cl. The van der Waals surface area contributed by atoms with E-state index in [1.807, 2.05) is 11.8 Å². The number of nitrogens with two attached hydrogens (primary N) is 1. The first-order chi connectivity index (χ1) is 11.4. The number of piperazine rings is 1. The molecule has 1 saturated carbocycles. The molecule has 0 bridgehead atoms. The Bertz CT molecular complexity index is 649. The Morgan fingerprint density at radius 1 is 1.19 bits per heavy atom. The van der Waals surface area contributed by atoms with Crippen LogP contribution in [0.2, 0.25) is 0 Å². The van der Waals surface area contributed by atoms with E-state index in [1.165, 1.54) is 12.1 Å². The Kier molecular flexibility index (Phi) is 7.83. The molecular formula is C17H25Cl2FN4O2. The molecule has 1 heterocycles. The van der Waals surface area contributed by atoms with Gasteiger partial charge in [-0.1, -0.05) is 6.07 Å². The molecule has 9 heteroatoms. The predicted molar refractivity (Wildman–Crippen MR) is 103 cm³/mol. The minimum atomic E-state index is -0.636. The van der Waals surface area contributed by atoms with Crippen LogP contribution in [0.5, 0.6) is 0 Å². The van der Waals surface area contributed by atoms with Crippen molar-refractivity contribution in [1.29, 1.82) is 0 Å². The molecule has 1 aliphatic carbocycles. The van der Waals surface area contributed by atoms with E-state index in [0.29, 0.717) is 31.9 Å². The summed E-state index contributed by atoms with van der Waals surface area (Å²) in [5, 5.41) is 2.73. The van der Waals surface area contributed by atoms with E-state index >= 15 is 0 Å². The van der Waals surface area contributed by atoms with E-state index in [0.717, 1.165) is 12.8 Å². The van der Waals surface area contributed by atoms with E-state index in [1.54, 1.807) is 17.0 Å². The van der Waals surface area contributed by atoms with Crippen LogP contribution in [-0.4, -0.2) is 59.4 Å². The lowest BCUT2D eigenvalue weighted by Crippen LogP contribution is -2.57. The highest BCUT2D eigenvalue weighted by Gasteiger charge is 2.48. The number of nitrogens with zero attached hydrogens (tertiary/aromatic N) is 2. The van der Waals surface area contributed by atoms with Crippen LogP contribution < -0.4 is 11.1 Å². The van der Waals surface area contributed by atoms with Gasteiger partial charge < -0.3 is 16.0 Å². The van der Waals surface area contributed by atoms with Gasteiger partial charge in [0.1, 0.15) is 5.82 Å². The number of anilines is 1. The summed E-state index contributed by atoms with van der Waals surface area (Å²) in [4.78, 5) is 28.4. The van der Waals surface area contributed by atoms with Crippen LogP contribution >= 0.6 is 24.8 Å². The van der Waals surface area contributed by atoms with Gasteiger partial charge in [0, 0.05) is 31.9 Å². The maximum Gasteiger partial charge on any atom is 0.242 e. The summed E-state index contributed by atoms with van der Waals surface area (Å²) in [6.45, 7) is 4.22. The van der Waals surface area contributed by atoms with E-state index in [9.17, 15) is 14.0 Å². The fourth-order valence-electron chi connectivity index (χ4n) is 2.95. The van der Waals surface area contributed by atoms with Gasteiger partial charge in [0.15, 0.2) is 0 Å². The number of halogens is 3. The highest BCUT2D eigenvalue weighted by Crippen LogP contribution is 2.34. The molecule has 1 aromatic rings. The Balaban J connectivity index is 0.00000169. The summed E-state index contributed by atoms with van der Waals surface area (Å²) >= 11 is 0. The average molecular weight is 407 g/mol. The highest BCUT2D eigenvalue weighted by molar-refractivity contribution is 5.94. The molecule has 0 spiro atoms. The van der Waals surface area contributed by atoms with Gasteiger partial charge in [0.2, 0.25) is 11.8 Å². The van der Waals surface area contributed by atoms with Crippen LogP contribution in [0.15, 0.2) is 24.3 Å². The first kappa shape index (κ1) is 22.6. The number of carbonyl (C=O) groups excluding carboxylic acids is 2. The third-order valence-electron chi connectivity index (χ3n) is 4.84. The number of hydrogen-bond donors (Lipinski definition) is 2. The molecule has 1 atom stereocenters. The number of carbonyl (C=O) groups is 2. The molecule has 3 N–H and O–H groups in total. The standard InChI is InChI=1S/C17H23FN4O2.2ClH/c1-12(15(23)20-14-4-2-3-13(18)11-14)21-7-9-22(10-8-21)16(24)17(19)5-6-17;;/h2-4,11-12H,5-10,19H2,1H3,(H,20,23);2*1H. The number of nitrogens with one attached hydrogen (secondary N) is 1. The summed E-state index contributed by atoms with van der Waals surface area (Å²) in [6, 6.07) is 5.48. The maximum absolute atomic E-state index is 13.2. The maximum atomic E-state index is 13.2. The molecule has 1 aliphatic heterocycles. The van der Waals surface area contributed by atoms with Crippen molar-refractivity contribution in [1.82, 2.24) is 9.80 Å². The van der Waals surface area contributed by atoms with Crippen LogP contribution in [0.3, 0.4) is 0 Å². The van der Waals surface area contributed by atoms with Gasteiger partial charge in [-0.25, -0.2) is 4.39 Å². The van der Waals surface area contributed by atoms with Crippen molar-refractivity contribution >= 4 is 42.3 Å².